The summed E-state index contributed by atoms with van der Waals surface area (Å²) in [6, 6.07) is 18.1. The standard InChI is InChI=1S/2C13H12FN3O2.C8H5FN3.C5H6O2/c2*1-2-19-12(18)6-7-17-9-15-13(16-17)10-4-3-5-11(14)8-10;9-7-3-1-2-6(4-7)8-10-5-11-12-8;1-3-5(6)7-4-2/h2*3-9H,2H2,1H3;1-4H,(H,10,11,12);1H,4H2,2H3/q;;+1;/b7-6+;7-6-;;. The zero-order valence-electron chi connectivity index (χ0n) is 30.8. The van der Waals surface area contributed by atoms with Gasteiger partial charge in [-0.2, -0.15) is 0 Å². The number of terminal acetylenes is 1. The summed E-state index contributed by atoms with van der Waals surface area (Å²) >= 11 is 0. The maximum absolute atomic E-state index is 13.1. The maximum atomic E-state index is 13.1. The van der Waals surface area contributed by atoms with Gasteiger partial charge in [-0.3, -0.25) is 0 Å². The van der Waals surface area contributed by atoms with Crippen LogP contribution in [-0.4, -0.2) is 79.4 Å². The molecule has 1 N–H and O–H groups in total. The van der Waals surface area contributed by atoms with Gasteiger partial charge < -0.3 is 14.2 Å². The Morgan fingerprint density at radius 2 is 1.16 bits per heavy atom. The zero-order valence-corrected chi connectivity index (χ0v) is 30.8. The van der Waals surface area contributed by atoms with Gasteiger partial charge >= 0.3 is 30.1 Å². The molecule has 15 nitrogen and oxygen atoms in total. The van der Waals surface area contributed by atoms with Crippen molar-refractivity contribution in [2.45, 2.75) is 20.8 Å². The van der Waals surface area contributed by atoms with Gasteiger partial charge in [0.25, 0.3) is 0 Å². The molecule has 57 heavy (non-hydrogen) atoms. The first-order valence-corrected chi connectivity index (χ1v) is 16.8. The molecule has 292 valence electrons. The number of rotatable bonds is 10. The van der Waals surface area contributed by atoms with Crippen molar-refractivity contribution < 1.29 is 41.8 Å². The average Bonchev–Trinajstić information content (AvgIpc) is 4.01. The first-order chi connectivity index (χ1) is 27.5. The lowest BCUT2D eigenvalue weighted by molar-refractivity contribution is -0.138. The highest BCUT2D eigenvalue weighted by atomic mass is 19.1. The lowest BCUT2D eigenvalue weighted by Crippen LogP contribution is -2.00. The predicted octanol–water partition coefficient (Wildman–Crippen LogP) is 5.41. The summed E-state index contributed by atoms with van der Waals surface area (Å²) < 4.78 is 55.3. The number of ether oxygens (including phenoxy) is 3. The number of carbonyl (C=O) groups excluding carboxylic acids is 3. The van der Waals surface area contributed by atoms with Crippen molar-refractivity contribution in [2.24, 2.45) is 10.1 Å². The van der Waals surface area contributed by atoms with Gasteiger partial charge in [0.2, 0.25) is 0 Å². The molecule has 5 aromatic rings. The highest BCUT2D eigenvalue weighted by Crippen LogP contribution is 2.16. The van der Waals surface area contributed by atoms with E-state index in [2.05, 4.69) is 53.2 Å². The maximum Gasteiger partial charge on any atom is 0.384 e. The van der Waals surface area contributed by atoms with Gasteiger partial charge in [-0.1, -0.05) is 30.3 Å². The normalized spacial score (nSPS) is 10.9. The first-order valence-electron chi connectivity index (χ1n) is 16.8. The van der Waals surface area contributed by atoms with E-state index in [9.17, 15) is 27.6 Å². The van der Waals surface area contributed by atoms with E-state index < -0.39 is 17.9 Å². The van der Waals surface area contributed by atoms with Crippen LogP contribution in [-0.2, 0) is 28.6 Å². The van der Waals surface area contributed by atoms with Gasteiger partial charge in [-0.15, -0.1) is 22.0 Å². The van der Waals surface area contributed by atoms with Gasteiger partial charge in [-0.05, 0) is 62.3 Å². The predicted molar refractivity (Wildman–Crippen MR) is 204 cm³/mol. The van der Waals surface area contributed by atoms with Crippen LogP contribution >= 0.6 is 0 Å². The van der Waals surface area contributed by atoms with Crippen LogP contribution < -0.4 is 5.43 Å². The Hall–Kier alpha value is -7.77. The summed E-state index contributed by atoms with van der Waals surface area (Å²) in [4.78, 5) is 44.0. The molecular weight excluding hydrogens is 747 g/mol. The summed E-state index contributed by atoms with van der Waals surface area (Å²) in [6.07, 6.45) is 15.3. The number of halogens is 3. The molecule has 6 rings (SSSR count). The second-order valence-corrected chi connectivity index (χ2v) is 10.4. The molecular formula is C39H35F3N9O6+. The number of nitrogens with one attached hydrogen (secondary N) is 1. The minimum atomic E-state index is -0.595. The molecule has 0 saturated carbocycles. The molecule has 0 fully saturated rings. The van der Waals surface area contributed by atoms with Crippen LogP contribution in [0.5, 0.6) is 0 Å². The van der Waals surface area contributed by atoms with E-state index in [1.807, 2.05) is 0 Å². The Kier molecular flexibility index (Phi) is 18.2. The number of amidine groups is 1. The molecule has 0 unspecified atom stereocenters. The SMILES string of the molecule is C#CC(=O)OCC.CCOC(=O)/C=C/n1cnc(-c2cccc(F)c2)n1.CCOC(=O)/C=C\n1cnc(-c2cccc(F)c2)n1.Fc1cccc(C2=NN[C+]=N2)c1. The number of aromatic nitrogens is 6. The van der Waals surface area contributed by atoms with Crippen LogP contribution in [0.4, 0.5) is 13.2 Å². The Bertz CT molecular complexity index is 2150. The van der Waals surface area contributed by atoms with Crippen LogP contribution in [0.1, 0.15) is 26.3 Å². The minimum Gasteiger partial charge on any atom is -0.463 e. The van der Waals surface area contributed by atoms with Crippen molar-refractivity contribution in [2.75, 3.05) is 19.8 Å². The summed E-state index contributed by atoms with van der Waals surface area (Å²) in [7, 11) is 0. The smallest absolute Gasteiger partial charge is 0.384 e. The van der Waals surface area contributed by atoms with Crippen molar-refractivity contribution in [3.05, 3.63) is 121 Å². The summed E-state index contributed by atoms with van der Waals surface area (Å²) in [5.74, 6) is 0.525. The van der Waals surface area contributed by atoms with E-state index >= 15 is 0 Å². The summed E-state index contributed by atoms with van der Waals surface area (Å²) in [5, 5.41) is 12.0. The molecule has 1 aliphatic heterocycles. The topological polar surface area (TPSA) is 177 Å². The number of aliphatic imine (C=N–C) groups is 1. The Morgan fingerprint density at radius 3 is 1.53 bits per heavy atom. The van der Waals surface area contributed by atoms with Gasteiger partial charge in [0.15, 0.2) is 11.6 Å². The number of carbonyl (C=O) groups is 3. The molecule has 2 aromatic heterocycles. The highest BCUT2D eigenvalue weighted by Gasteiger charge is 2.17. The average molecular weight is 783 g/mol. The Labute approximate surface area is 325 Å². The third kappa shape index (κ3) is 16.0. The van der Waals surface area contributed by atoms with E-state index in [-0.39, 0.29) is 17.5 Å². The number of benzene rings is 3. The van der Waals surface area contributed by atoms with Gasteiger partial charge in [0.1, 0.15) is 35.7 Å². The van der Waals surface area contributed by atoms with Gasteiger partial charge in [-0.25, -0.2) is 46.9 Å². The second-order valence-electron chi connectivity index (χ2n) is 10.4. The van der Waals surface area contributed by atoms with Crippen LogP contribution in [0.25, 0.3) is 35.2 Å². The van der Waals surface area contributed by atoms with E-state index in [1.165, 1.54) is 83.0 Å². The van der Waals surface area contributed by atoms with Gasteiger partial charge in [0.05, 0.1) is 19.8 Å². The van der Waals surface area contributed by atoms with Gasteiger partial charge in [0, 0.05) is 52.7 Å². The molecule has 18 heteroatoms. The highest BCUT2D eigenvalue weighted by molar-refractivity contribution is 6.05. The second kappa shape index (κ2) is 23.8. The molecule has 0 atom stereocenters. The third-order valence-electron chi connectivity index (χ3n) is 6.33. The summed E-state index contributed by atoms with van der Waals surface area (Å²) in [6.45, 7) is 6.13. The van der Waals surface area contributed by atoms with E-state index in [1.54, 1.807) is 63.1 Å². The fraction of sp³-hybridized carbons (Fsp3) is 0.154. The van der Waals surface area contributed by atoms with E-state index in [4.69, 9.17) is 9.47 Å². The van der Waals surface area contributed by atoms with E-state index in [0.29, 0.717) is 54.0 Å². The summed E-state index contributed by atoms with van der Waals surface area (Å²) in [5.41, 5.74) is 4.23. The van der Waals surface area contributed by atoms with Crippen LogP contribution in [0.3, 0.4) is 0 Å². The van der Waals surface area contributed by atoms with Crippen LogP contribution in [0, 0.1) is 29.8 Å². The monoisotopic (exact) mass is 782 g/mol. The fourth-order valence-corrected chi connectivity index (χ4v) is 3.98. The van der Waals surface area contributed by atoms with Crippen molar-refractivity contribution >= 4 is 42.5 Å². The fourth-order valence-electron chi connectivity index (χ4n) is 3.98. The Morgan fingerprint density at radius 1 is 0.719 bits per heavy atom. The van der Waals surface area contributed by atoms with Crippen molar-refractivity contribution in [3.63, 3.8) is 0 Å². The van der Waals surface area contributed by atoms with Crippen molar-refractivity contribution in [3.8, 4) is 35.1 Å². The minimum absolute atomic E-state index is 0.294. The number of esters is 3. The van der Waals surface area contributed by atoms with Crippen molar-refractivity contribution in [1.82, 2.24) is 35.0 Å². The number of hydrogen-bond donors (Lipinski definition) is 1. The lowest BCUT2D eigenvalue weighted by Gasteiger charge is -1.95. The molecule has 0 bridgehead atoms. The molecule has 0 radical (unpaired) electrons. The largest absolute Gasteiger partial charge is 0.463 e. The molecule has 0 amide bonds. The Balaban J connectivity index is 0.000000216. The molecule has 0 spiro atoms. The number of hydrazone groups is 1. The molecule has 0 saturated heterocycles. The number of hydrogen-bond acceptors (Lipinski definition) is 13. The molecule has 0 aliphatic carbocycles. The molecule has 3 aromatic carbocycles. The van der Waals surface area contributed by atoms with Crippen molar-refractivity contribution in [1.29, 1.82) is 0 Å². The number of nitrogens with zero attached hydrogens (tertiary/aromatic N) is 8. The molecule has 3 heterocycles. The lowest BCUT2D eigenvalue weighted by atomic mass is 10.2. The van der Waals surface area contributed by atoms with Crippen LogP contribution in [0.2, 0.25) is 0 Å². The molecule has 1 aliphatic rings. The van der Waals surface area contributed by atoms with Crippen LogP contribution in [0.15, 0.2) is 108 Å². The quantitative estimate of drug-likeness (QED) is 0.0478. The first kappa shape index (κ1) is 43.6. The third-order valence-corrected chi connectivity index (χ3v) is 6.33. The zero-order chi connectivity index (χ0) is 41.4. The van der Waals surface area contributed by atoms with E-state index in [0.717, 1.165) is 0 Å².